The Hall–Kier alpha value is -3.88. The third kappa shape index (κ3) is 5.98. The van der Waals surface area contributed by atoms with Crippen LogP contribution < -0.4 is 29.0 Å². The lowest BCUT2D eigenvalue weighted by Crippen LogP contribution is -2.36. The molecule has 2 amide bonds. The second-order valence-electron chi connectivity index (χ2n) is 7.89. The van der Waals surface area contributed by atoms with Crippen LogP contribution in [-0.4, -0.2) is 65.4 Å². The molecule has 0 radical (unpaired) electrons. The fourth-order valence-corrected chi connectivity index (χ4v) is 3.97. The molecular formula is C26H32N2O7. The van der Waals surface area contributed by atoms with Gasteiger partial charge < -0.3 is 33.9 Å². The molecule has 0 saturated carbocycles. The molecule has 1 saturated heterocycles. The third-order valence-electron chi connectivity index (χ3n) is 5.77. The number of rotatable bonds is 9. The van der Waals surface area contributed by atoms with E-state index in [9.17, 15) is 9.59 Å². The first-order valence-corrected chi connectivity index (χ1v) is 11.3. The standard InChI is InChI=1S/C26H32N2O7/c1-31-20-15-18(26(30)28-11-7-6-8-12-28)19(16-21(20)32-2)27-24(29)10-9-17-13-22(33-3)25(35-5)23(14-17)34-4/h9-10,13-16H,6-8,11-12H2,1-5H3,(H,27,29)/b10-9+. The van der Waals surface area contributed by atoms with Crippen LogP contribution in [0.3, 0.4) is 0 Å². The zero-order valence-electron chi connectivity index (χ0n) is 20.8. The summed E-state index contributed by atoms with van der Waals surface area (Å²) in [6.07, 6.45) is 6.00. The molecule has 0 unspecified atom stereocenters. The Morgan fingerprint density at radius 1 is 0.771 bits per heavy atom. The predicted octanol–water partition coefficient (Wildman–Crippen LogP) is 4.01. The van der Waals surface area contributed by atoms with Crippen molar-refractivity contribution in [2.75, 3.05) is 54.0 Å². The summed E-state index contributed by atoms with van der Waals surface area (Å²) >= 11 is 0. The second-order valence-corrected chi connectivity index (χ2v) is 7.89. The highest BCUT2D eigenvalue weighted by Gasteiger charge is 2.24. The van der Waals surface area contributed by atoms with E-state index in [1.807, 2.05) is 0 Å². The molecule has 3 rings (SSSR count). The van der Waals surface area contributed by atoms with Crippen LogP contribution in [-0.2, 0) is 4.79 Å². The molecular weight excluding hydrogens is 452 g/mol. The van der Waals surface area contributed by atoms with E-state index in [4.69, 9.17) is 23.7 Å². The van der Waals surface area contributed by atoms with E-state index in [0.717, 1.165) is 19.3 Å². The van der Waals surface area contributed by atoms with Gasteiger partial charge in [-0.05, 0) is 49.1 Å². The highest BCUT2D eigenvalue weighted by atomic mass is 16.5. The van der Waals surface area contributed by atoms with Crippen LogP contribution in [0.2, 0.25) is 0 Å². The maximum absolute atomic E-state index is 13.3. The van der Waals surface area contributed by atoms with Gasteiger partial charge in [-0.3, -0.25) is 9.59 Å². The van der Waals surface area contributed by atoms with E-state index < -0.39 is 5.91 Å². The first kappa shape index (κ1) is 25.7. The molecule has 1 N–H and O–H groups in total. The van der Waals surface area contributed by atoms with E-state index in [-0.39, 0.29) is 5.91 Å². The van der Waals surface area contributed by atoms with Gasteiger partial charge in [0.1, 0.15) is 0 Å². The van der Waals surface area contributed by atoms with Gasteiger partial charge in [0, 0.05) is 25.2 Å². The summed E-state index contributed by atoms with van der Waals surface area (Å²) in [6.45, 7) is 1.36. The second kappa shape index (κ2) is 12.0. The molecule has 0 atom stereocenters. The molecule has 1 aliphatic heterocycles. The summed E-state index contributed by atoms with van der Waals surface area (Å²) in [6, 6.07) is 6.66. The molecule has 0 aliphatic carbocycles. The van der Waals surface area contributed by atoms with Gasteiger partial charge in [0.05, 0.1) is 46.8 Å². The Bertz CT molecular complexity index is 1070. The lowest BCUT2D eigenvalue weighted by Gasteiger charge is -2.28. The van der Waals surface area contributed by atoms with Gasteiger partial charge in [-0.15, -0.1) is 0 Å². The molecule has 9 heteroatoms. The van der Waals surface area contributed by atoms with Crippen molar-refractivity contribution in [1.29, 1.82) is 0 Å². The number of anilines is 1. The van der Waals surface area contributed by atoms with Crippen molar-refractivity contribution in [2.45, 2.75) is 19.3 Å². The number of carbonyl (C=O) groups is 2. The normalized spacial score (nSPS) is 13.3. The van der Waals surface area contributed by atoms with Crippen molar-refractivity contribution in [3.63, 3.8) is 0 Å². The lowest BCUT2D eigenvalue weighted by molar-refractivity contribution is -0.111. The number of nitrogens with zero attached hydrogens (tertiary/aromatic N) is 1. The van der Waals surface area contributed by atoms with Gasteiger partial charge in [-0.2, -0.15) is 0 Å². The van der Waals surface area contributed by atoms with Crippen molar-refractivity contribution in [2.24, 2.45) is 0 Å². The molecule has 1 fully saturated rings. The first-order valence-electron chi connectivity index (χ1n) is 11.3. The lowest BCUT2D eigenvalue weighted by atomic mass is 10.1. The van der Waals surface area contributed by atoms with Gasteiger partial charge in [0.15, 0.2) is 23.0 Å². The summed E-state index contributed by atoms with van der Waals surface area (Å²) in [7, 11) is 7.57. The van der Waals surface area contributed by atoms with Crippen LogP contribution in [0.1, 0.15) is 35.2 Å². The monoisotopic (exact) mass is 484 g/mol. The summed E-state index contributed by atoms with van der Waals surface area (Å²) in [5.41, 5.74) is 1.36. The SMILES string of the molecule is COc1cc(NC(=O)/C=C/c2cc(OC)c(OC)c(OC)c2)c(C(=O)N2CCCCC2)cc1OC. The Labute approximate surface area is 205 Å². The zero-order chi connectivity index (χ0) is 25.4. The van der Waals surface area contributed by atoms with Crippen LogP contribution >= 0.6 is 0 Å². The van der Waals surface area contributed by atoms with Crippen molar-refractivity contribution in [3.8, 4) is 28.7 Å². The summed E-state index contributed by atoms with van der Waals surface area (Å²) in [5, 5.41) is 2.81. The summed E-state index contributed by atoms with van der Waals surface area (Å²) in [5.74, 6) is 1.66. The number of nitrogens with one attached hydrogen (secondary N) is 1. The smallest absolute Gasteiger partial charge is 0.256 e. The number of methoxy groups -OCH3 is 5. The maximum atomic E-state index is 13.3. The van der Waals surface area contributed by atoms with Crippen LogP contribution in [0.5, 0.6) is 28.7 Å². The van der Waals surface area contributed by atoms with Crippen molar-refractivity contribution in [1.82, 2.24) is 4.90 Å². The van der Waals surface area contributed by atoms with Crippen LogP contribution in [0.25, 0.3) is 6.08 Å². The highest BCUT2D eigenvalue weighted by molar-refractivity contribution is 6.08. The number of benzene rings is 2. The van der Waals surface area contributed by atoms with E-state index in [2.05, 4.69) is 5.32 Å². The van der Waals surface area contributed by atoms with Gasteiger partial charge >= 0.3 is 0 Å². The molecule has 1 heterocycles. The molecule has 2 aromatic carbocycles. The van der Waals surface area contributed by atoms with E-state index in [0.29, 0.717) is 58.7 Å². The van der Waals surface area contributed by atoms with Crippen molar-refractivity contribution < 1.29 is 33.3 Å². The molecule has 9 nitrogen and oxygen atoms in total. The minimum atomic E-state index is -0.418. The number of amides is 2. The third-order valence-corrected chi connectivity index (χ3v) is 5.77. The van der Waals surface area contributed by atoms with Gasteiger partial charge in [0.25, 0.3) is 5.91 Å². The minimum absolute atomic E-state index is 0.158. The highest BCUT2D eigenvalue weighted by Crippen LogP contribution is 2.38. The average molecular weight is 485 g/mol. The summed E-state index contributed by atoms with van der Waals surface area (Å²) in [4.78, 5) is 27.9. The average Bonchev–Trinajstić information content (AvgIpc) is 2.90. The largest absolute Gasteiger partial charge is 0.493 e. The number of hydrogen-bond donors (Lipinski definition) is 1. The maximum Gasteiger partial charge on any atom is 0.256 e. The van der Waals surface area contributed by atoms with Crippen LogP contribution in [0.15, 0.2) is 30.3 Å². The first-order chi connectivity index (χ1) is 16.9. The number of piperidine rings is 1. The Morgan fingerprint density at radius 2 is 1.34 bits per heavy atom. The molecule has 0 spiro atoms. The van der Waals surface area contributed by atoms with Gasteiger partial charge in [-0.1, -0.05) is 0 Å². The topological polar surface area (TPSA) is 95.6 Å². The number of carbonyl (C=O) groups excluding carboxylic acids is 2. The van der Waals surface area contributed by atoms with Crippen LogP contribution in [0.4, 0.5) is 5.69 Å². The molecule has 1 aliphatic rings. The molecule has 2 aromatic rings. The van der Waals surface area contributed by atoms with Gasteiger partial charge in [0.2, 0.25) is 11.7 Å². The van der Waals surface area contributed by atoms with Crippen molar-refractivity contribution in [3.05, 3.63) is 41.5 Å². The van der Waals surface area contributed by atoms with Crippen molar-refractivity contribution >= 4 is 23.6 Å². The van der Waals surface area contributed by atoms with E-state index in [1.165, 1.54) is 41.6 Å². The molecule has 35 heavy (non-hydrogen) atoms. The molecule has 0 aromatic heterocycles. The van der Waals surface area contributed by atoms with Gasteiger partial charge in [-0.25, -0.2) is 0 Å². The fourth-order valence-electron chi connectivity index (χ4n) is 3.97. The predicted molar refractivity (Wildman–Crippen MR) is 133 cm³/mol. The number of ether oxygens (including phenoxy) is 5. The Morgan fingerprint density at radius 3 is 1.89 bits per heavy atom. The number of hydrogen-bond acceptors (Lipinski definition) is 7. The minimum Gasteiger partial charge on any atom is -0.493 e. The van der Waals surface area contributed by atoms with E-state index in [1.54, 1.807) is 35.2 Å². The molecule has 188 valence electrons. The fraction of sp³-hybridized carbons (Fsp3) is 0.385. The van der Waals surface area contributed by atoms with E-state index >= 15 is 0 Å². The summed E-state index contributed by atoms with van der Waals surface area (Å²) < 4.78 is 26.8. The Kier molecular flexibility index (Phi) is 8.83. The zero-order valence-corrected chi connectivity index (χ0v) is 20.8. The Balaban J connectivity index is 1.89. The quantitative estimate of drug-likeness (QED) is 0.538. The van der Waals surface area contributed by atoms with Crippen LogP contribution in [0, 0.1) is 0 Å². The molecule has 0 bridgehead atoms. The number of likely N-dealkylation sites (tertiary alicyclic amines) is 1.